The average Bonchev–Trinajstić information content (AvgIpc) is 2.86. The van der Waals surface area contributed by atoms with E-state index in [9.17, 15) is 22.8 Å². The number of hydrogen-bond acceptors (Lipinski definition) is 5. The number of amides is 1. The summed E-state index contributed by atoms with van der Waals surface area (Å²) in [4.78, 5) is 40.0. The third kappa shape index (κ3) is 4.94. The summed E-state index contributed by atoms with van der Waals surface area (Å²) in [6, 6.07) is 12.3. The highest BCUT2D eigenvalue weighted by molar-refractivity contribution is 7.89. The molecule has 35 heavy (non-hydrogen) atoms. The standard InChI is InChI=1S/C25H30N4O5S/c1-17-9-7-8-14-29(17)24(31)21(15-18-10-5-4-6-11-18)26-35(33,34)19-12-13-22-20(16-19)23(30)28(3)25(32)27(22)2/h4-6,10-13,16-17,21,26H,7-9,14-15H2,1-3H3/t17-,21+/m0/s1. The van der Waals surface area contributed by atoms with Crippen molar-refractivity contribution in [3.05, 3.63) is 74.9 Å². The molecule has 1 fully saturated rings. The zero-order chi connectivity index (χ0) is 25.3. The van der Waals surface area contributed by atoms with Gasteiger partial charge in [-0.05, 0) is 56.4 Å². The Morgan fingerprint density at radius 3 is 2.46 bits per heavy atom. The maximum absolute atomic E-state index is 13.5. The summed E-state index contributed by atoms with van der Waals surface area (Å²) in [5, 5.41) is 0.105. The van der Waals surface area contributed by atoms with E-state index in [0.29, 0.717) is 12.1 Å². The van der Waals surface area contributed by atoms with Gasteiger partial charge in [-0.25, -0.2) is 13.2 Å². The van der Waals surface area contributed by atoms with Gasteiger partial charge < -0.3 is 4.90 Å². The summed E-state index contributed by atoms with van der Waals surface area (Å²) < 4.78 is 31.7. The van der Waals surface area contributed by atoms with Gasteiger partial charge in [0.15, 0.2) is 0 Å². The molecule has 0 saturated carbocycles. The van der Waals surface area contributed by atoms with Crippen LogP contribution < -0.4 is 16.0 Å². The van der Waals surface area contributed by atoms with Gasteiger partial charge in [-0.1, -0.05) is 30.3 Å². The number of carbonyl (C=O) groups is 1. The molecule has 1 aliphatic heterocycles. The lowest BCUT2D eigenvalue weighted by atomic mass is 10.0. The molecule has 186 valence electrons. The number of sulfonamides is 1. The molecule has 0 spiro atoms. The lowest BCUT2D eigenvalue weighted by Gasteiger charge is -2.36. The Balaban J connectivity index is 1.72. The van der Waals surface area contributed by atoms with Gasteiger partial charge in [0.2, 0.25) is 15.9 Å². The van der Waals surface area contributed by atoms with E-state index < -0.39 is 27.3 Å². The Labute approximate surface area is 204 Å². The predicted molar refractivity (Wildman–Crippen MR) is 134 cm³/mol. The molecule has 0 bridgehead atoms. The first kappa shape index (κ1) is 24.9. The Morgan fingerprint density at radius 2 is 1.77 bits per heavy atom. The molecule has 0 radical (unpaired) electrons. The number of rotatable bonds is 6. The van der Waals surface area contributed by atoms with E-state index >= 15 is 0 Å². The topological polar surface area (TPSA) is 110 Å². The van der Waals surface area contributed by atoms with Gasteiger partial charge in [0, 0.05) is 26.7 Å². The molecule has 2 heterocycles. The van der Waals surface area contributed by atoms with Crippen LogP contribution >= 0.6 is 0 Å². The molecule has 3 aromatic rings. The van der Waals surface area contributed by atoms with Gasteiger partial charge in [-0.2, -0.15) is 4.72 Å². The summed E-state index contributed by atoms with van der Waals surface area (Å²) in [6.07, 6.45) is 3.00. The number of fused-ring (bicyclic) bond motifs is 1. The van der Waals surface area contributed by atoms with Crippen molar-refractivity contribution in [3.63, 3.8) is 0 Å². The van der Waals surface area contributed by atoms with Crippen molar-refractivity contribution in [1.82, 2.24) is 18.8 Å². The van der Waals surface area contributed by atoms with Crippen molar-refractivity contribution >= 4 is 26.8 Å². The van der Waals surface area contributed by atoms with Crippen LogP contribution in [0.2, 0.25) is 0 Å². The normalized spacial score (nSPS) is 17.5. The highest BCUT2D eigenvalue weighted by Gasteiger charge is 2.33. The van der Waals surface area contributed by atoms with Crippen molar-refractivity contribution in [2.45, 2.75) is 49.6 Å². The third-order valence-electron chi connectivity index (χ3n) is 6.71. The number of benzene rings is 2. The van der Waals surface area contributed by atoms with Gasteiger partial charge in [0.1, 0.15) is 6.04 Å². The first-order chi connectivity index (χ1) is 16.6. The van der Waals surface area contributed by atoms with Gasteiger partial charge in [0.25, 0.3) is 5.56 Å². The van der Waals surface area contributed by atoms with Crippen molar-refractivity contribution < 1.29 is 13.2 Å². The monoisotopic (exact) mass is 498 g/mol. The molecule has 1 saturated heterocycles. The van der Waals surface area contributed by atoms with E-state index in [1.165, 1.54) is 36.9 Å². The highest BCUT2D eigenvalue weighted by atomic mass is 32.2. The van der Waals surface area contributed by atoms with E-state index in [4.69, 9.17) is 0 Å². The van der Waals surface area contributed by atoms with Crippen LogP contribution in [0.1, 0.15) is 31.7 Å². The molecule has 1 aromatic heterocycles. The number of aromatic nitrogens is 2. The van der Waals surface area contributed by atoms with Crippen molar-refractivity contribution in [2.24, 2.45) is 14.1 Å². The zero-order valence-corrected chi connectivity index (χ0v) is 20.9. The van der Waals surface area contributed by atoms with E-state index in [2.05, 4.69) is 4.72 Å². The molecule has 0 unspecified atom stereocenters. The first-order valence-electron chi connectivity index (χ1n) is 11.7. The van der Waals surface area contributed by atoms with Gasteiger partial charge in [0.05, 0.1) is 15.8 Å². The molecule has 2 atom stereocenters. The lowest BCUT2D eigenvalue weighted by molar-refractivity contribution is -0.136. The summed E-state index contributed by atoms with van der Waals surface area (Å²) >= 11 is 0. The van der Waals surface area contributed by atoms with Crippen LogP contribution in [0.15, 0.2) is 63.0 Å². The van der Waals surface area contributed by atoms with Crippen molar-refractivity contribution in [2.75, 3.05) is 6.54 Å². The second-order valence-corrected chi connectivity index (χ2v) is 10.8. The van der Waals surface area contributed by atoms with Gasteiger partial charge in [-0.15, -0.1) is 0 Å². The number of aryl methyl sites for hydroxylation is 1. The smallest absolute Gasteiger partial charge is 0.330 e. The molecule has 1 N–H and O–H groups in total. The van der Waals surface area contributed by atoms with E-state index in [0.717, 1.165) is 29.4 Å². The molecule has 1 amide bonds. The number of hydrogen-bond donors (Lipinski definition) is 1. The minimum atomic E-state index is -4.16. The predicted octanol–water partition coefficient (Wildman–Crippen LogP) is 1.53. The van der Waals surface area contributed by atoms with Crippen LogP contribution in [0.5, 0.6) is 0 Å². The SMILES string of the molecule is C[C@H]1CCCCN1C(=O)[C@@H](Cc1ccccc1)NS(=O)(=O)c1ccc2c(c1)c(=O)n(C)c(=O)n2C. The van der Waals surface area contributed by atoms with Crippen molar-refractivity contribution in [1.29, 1.82) is 0 Å². The average molecular weight is 499 g/mol. The summed E-state index contributed by atoms with van der Waals surface area (Å²) in [5.41, 5.74) is 0.0799. The summed E-state index contributed by atoms with van der Waals surface area (Å²) in [6.45, 7) is 2.57. The molecule has 0 aliphatic carbocycles. The third-order valence-corrected chi connectivity index (χ3v) is 8.18. The maximum atomic E-state index is 13.5. The first-order valence-corrected chi connectivity index (χ1v) is 13.1. The fourth-order valence-electron chi connectivity index (χ4n) is 4.65. The maximum Gasteiger partial charge on any atom is 0.330 e. The largest absolute Gasteiger partial charge is 0.339 e. The molecule has 1 aliphatic rings. The van der Waals surface area contributed by atoms with Crippen LogP contribution in [0, 0.1) is 0 Å². The Kier molecular flexibility index (Phi) is 6.95. The lowest BCUT2D eigenvalue weighted by Crippen LogP contribution is -2.53. The Hall–Kier alpha value is -3.24. The summed E-state index contributed by atoms with van der Waals surface area (Å²) in [7, 11) is -1.29. The molecule has 4 rings (SSSR count). The van der Waals surface area contributed by atoms with Crippen LogP contribution in [0.3, 0.4) is 0 Å². The molecule has 10 heteroatoms. The summed E-state index contributed by atoms with van der Waals surface area (Å²) in [5.74, 6) is -0.260. The van der Waals surface area contributed by atoms with E-state index in [1.54, 1.807) is 4.90 Å². The second-order valence-electron chi connectivity index (χ2n) is 9.12. The van der Waals surface area contributed by atoms with Gasteiger partial charge in [-0.3, -0.25) is 18.7 Å². The van der Waals surface area contributed by atoms with Crippen molar-refractivity contribution in [3.8, 4) is 0 Å². The molecule has 9 nitrogen and oxygen atoms in total. The Bertz CT molecular complexity index is 1480. The number of nitrogens with zero attached hydrogens (tertiary/aromatic N) is 3. The van der Waals surface area contributed by atoms with Crippen LogP contribution in [-0.2, 0) is 35.3 Å². The van der Waals surface area contributed by atoms with Crippen LogP contribution in [-0.4, -0.2) is 47.0 Å². The minimum Gasteiger partial charge on any atom is -0.339 e. The fourth-order valence-corrected chi connectivity index (χ4v) is 5.87. The minimum absolute atomic E-state index is 0.0315. The van der Waals surface area contributed by atoms with Gasteiger partial charge >= 0.3 is 5.69 Å². The molecular weight excluding hydrogens is 468 g/mol. The van der Waals surface area contributed by atoms with E-state index in [-0.39, 0.29) is 28.7 Å². The fraction of sp³-hybridized carbons (Fsp3) is 0.400. The van der Waals surface area contributed by atoms with E-state index in [1.807, 2.05) is 37.3 Å². The van der Waals surface area contributed by atoms with Crippen LogP contribution in [0.4, 0.5) is 0 Å². The molecular formula is C25H30N4O5S. The number of nitrogens with one attached hydrogen (secondary N) is 1. The zero-order valence-electron chi connectivity index (χ0n) is 20.1. The Morgan fingerprint density at radius 1 is 1.06 bits per heavy atom. The number of likely N-dealkylation sites (tertiary alicyclic amines) is 1. The van der Waals surface area contributed by atoms with Crippen LogP contribution in [0.25, 0.3) is 10.9 Å². The molecule has 2 aromatic carbocycles. The highest BCUT2D eigenvalue weighted by Crippen LogP contribution is 2.21. The quantitative estimate of drug-likeness (QED) is 0.554. The second kappa shape index (κ2) is 9.79. The number of piperidine rings is 1. The number of carbonyl (C=O) groups excluding carboxylic acids is 1.